The third kappa shape index (κ3) is 3.87. The van der Waals surface area contributed by atoms with Gasteiger partial charge in [0.05, 0.1) is 11.3 Å². The molecule has 0 radical (unpaired) electrons. The van der Waals surface area contributed by atoms with Gasteiger partial charge >= 0.3 is 0 Å². The molecule has 3 heterocycles. The minimum Gasteiger partial charge on any atom is -0.368 e. The Hall–Kier alpha value is -2.08. The molecule has 2 aromatic heterocycles. The maximum atomic E-state index is 9.19. The highest BCUT2D eigenvalue weighted by Crippen LogP contribution is 2.26. The van der Waals surface area contributed by atoms with E-state index in [4.69, 9.17) is 5.73 Å². The van der Waals surface area contributed by atoms with E-state index >= 15 is 0 Å². The summed E-state index contributed by atoms with van der Waals surface area (Å²) in [5.41, 5.74) is 7.49. The van der Waals surface area contributed by atoms with Crippen LogP contribution in [0.1, 0.15) is 12.1 Å². The Morgan fingerprint density at radius 2 is 2.12 bits per heavy atom. The summed E-state index contributed by atoms with van der Waals surface area (Å²) in [6.45, 7) is 1.80. The first kappa shape index (κ1) is 20.0. The molecule has 1 fully saturated rings. The van der Waals surface area contributed by atoms with Crippen molar-refractivity contribution >= 4 is 36.6 Å². The summed E-state index contributed by atoms with van der Waals surface area (Å²) in [6, 6.07) is 4.40. The molecule has 0 spiro atoms. The molecule has 0 aromatic carbocycles. The van der Waals surface area contributed by atoms with Gasteiger partial charge in [-0.15, -0.1) is 24.8 Å². The largest absolute Gasteiger partial charge is 0.368 e. The summed E-state index contributed by atoms with van der Waals surface area (Å²) in [7, 11) is 3.73. The number of nitrogens with one attached hydrogen (secondary N) is 1. The molecule has 3 rings (SSSR count). The minimum absolute atomic E-state index is 0. The van der Waals surface area contributed by atoms with E-state index in [-0.39, 0.29) is 30.8 Å². The molecule has 1 atom stereocenters. The summed E-state index contributed by atoms with van der Waals surface area (Å²) in [6.07, 6.45) is 2.83. The number of halogens is 2. The fourth-order valence-corrected chi connectivity index (χ4v) is 2.72. The average Bonchev–Trinajstić information content (AvgIpc) is 3.12. The predicted octanol–water partition coefficient (Wildman–Crippen LogP) is 0.973. The van der Waals surface area contributed by atoms with Gasteiger partial charge in [-0.05, 0) is 13.5 Å². The number of nitrogens with zero attached hydrogens (tertiary/aromatic N) is 6. The van der Waals surface area contributed by atoms with Crippen molar-refractivity contribution in [1.82, 2.24) is 25.1 Å². The fraction of sp³-hybridized carbons (Fsp3) is 0.429. The third-order valence-electron chi connectivity index (χ3n) is 3.86. The van der Waals surface area contributed by atoms with Gasteiger partial charge in [0.2, 0.25) is 5.95 Å². The maximum Gasteiger partial charge on any atom is 0.222 e. The number of aryl methyl sites for hydroxylation is 1. The SMILES string of the molecule is CN[C@@H]1CCN(c2cc(-c3cn(C)nc3C#N)nc(N)n2)C1.Cl.Cl. The molecule has 0 unspecified atom stereocenters. The number of anilines is 2. The lowest BCUT2D eigenvalue weighted by Crippen LogP contribution is -2.30. The number of hydrogen-bond donors (Lipinski definition) is 2. The molecule has 0 amide bonds. The maximum absolute atomic E-state index is 9.19. The molecule has 3 N–H and O–H groups in total. The van der Waals surface area contributed by atoms with Gasteiger partial charge in [0, 0.05) is 38.4 Å². The van der Waals surface area contributed by atoms with Crippen LogP contribution < -0.4 is 16.0 Å². The van der Waals surface area contributed by atoms with Gasteiger partial charge in [0.25, 0.3) is 0 Å². The van der Waals surface area contributed by atoms with E-state index in [0.29, 0.717) is 23.0 Å². The van der Waals surface area contributed by atoms with Crippen LogP contribution in [0.4, 0.5) is 11.8 Å². The average molecular weight is 371 g/mol. The van der Waals surface area contributed by atoms with Crippen LogP contribution in [0.15, 0.2) is 12.3 Å². The number of aromatic nitrogens is 4. The Balaban J connectivity index is 0.00000144. The second-order valence-electron chi connectivity index (χ2n) is 5.37. The molecule has 0 aliphatic carbocycles. The van der Waals surface area contributed by atoms with E-state index in [2.05, 4.69) is 31.4 Å². The molecule has 130 valence electrons. The monoisotopic (exact) mass is 370 g/mol. The Labute approximate surface area is 152 Å². The molecule has 1 aliphatic heterocycles. The predicted molar refractivity (Wildman–Crippen MR) is 97.5 cm³/mol. The minimum atomic E-state index is 0. The van der Waals surface area contributed by atoms with Gasteiger partial charge in [-0.1, -0.05) is 0 Å². The van der Waals surface area contributed by atoms with Gasteiger partial charge in [-0.3, -0.25) is 4.68 Å². The summed E-state index contributed by atoms with van der Waals surface area (Å²) in [5, 5.41) is 16.6. The second kappa shape index (κ2) is 8.15. The zero-order chi connectivity index (χ0) is 15.7. The van der Waals surface area contributed by atoms with Crippen molar-refractivity contribution in [1.29, 1.82) is 5.26 Å². The standard InChI is InChI=1S/C14H18N8.2ClH/c1-17-9-3-4-22(7-9)13-5-11(18-14(16)19-13)10-8-21(2)20-12(10)6-15;;/h5,8-9,17H,3-4,7H2,1-2H3,(H2,16,18,19);2*1H/t9-;;/m1../s1. The molecule has 0 bridgehead atoms. The zero-order valence-electron chi connectivity index (χ0n) is 13.4. The van der Waals surface area contributed by atoms with Crippen LogP contribution in [-0.4, -0.2) is 45.9 Å². The Morgan fingerprint density at radius 1 is 1.38 bits per heavy atom. The van der Waals surface area contributed by atoms with Crippen molar-refractivity contribution in [3.8, 4) is 17.3 Å². The van der Waals surface area contributed by atoms with Crippen LogP contribution >= 0.6 is 24.8 Å². The molecule has 1 aliphatic rings. The van der Waals surface area contributed by atoms with E-state index in [0.717, 1.165) is 25.3 Å². The highest BCUT2D eigenvalue weighted by molar-refractivity contribution is 5.85. The van der Waals surface area contributed by atoms with Gasteiger partial charge in [-0.25, -0.2) is 4.98 Å². The number of likely N-dealkylation sites (N-methyl/N-ethyl adjacent to an activating group) is 1. The smallest absolute Gasteiger partial charge is 0.222 e. The lowest BCUT2D eigenvalue weighted by Gasteiger charge is -2.18. The Bertz CT molecular complexity index is 739. The van der Waals surface area contributed by atoms with Gasteiger partial charge in [0.15, 0.2) is 5.69 Å². The Morgan fingerprint density at radius 3 is 2.75 bits per heavy atom. The molecule has 0 saturated carbocycles. The van der Waals surface area contributed by atoms with Crippen LogP contribution in [-0.2, 0) is 7.05 Å². The zero-order valence-corrected chi connectivity index (χ0v) is 15.1. The summed E-state index contributed by atoms with van der Waals surface area (Å²) >= 11 is 0. The van der Waals surface area contributed by atoms with Crippen LogP contribution in [0.2, 0.25) is 0 Å². The van der Waals surface area contributed by atoms with Crippen molar-refractivity contribution in [3.63, 3.8) is 0 Å². The van der Waals surface area contributed by atoms with Crippen LogP contribution in [0.5, 0.6) is 0 Å². The number of nitriles is 1. The molecule has 8 nitrogen and oxygen atoms in total. The Kier molecular flexibility index (Phi) is 6.78. The number of hydrogen-bond acceptors (Lipinski definition) is 7. The van der Waals surface area contributed by atoms with E-state index in [1.54, 1.807) is 17.9 Å². The van der Waals surface area contributed by atoms with Crippen molar-refractivity contribution < 1.29 is 0 Å². The van der Waals surface area contributed by atoms with Crippen molar-refractivity contribution in [2.45, 2.75) is 12.5 Å². The lowest BCUT2D eigenvalue weighted by molar-refractivity contribution is 0.616. The second-order valence-corrected chi connectivity index (χ2v) is 5.37. The first-order valence-corrected chi connectivity index (χ1v) is 7.11. The molecular weight excluding hydrogens is 351 g/mol. The molecule has 24 heavy (non-hydrogen) atoms. The molecule has 1 saturated heterocycles. The highest BCUT2D eigenvalue weighted by Gasteiger charge is 2.23. The molecule has 2 aromatic rings. The van der Waals surface area contributed by atoms with E-state index in [9.17, 15) is 5.26 Å². The number of nitrogen functional groups attached to an aromatic ring is 1. The highest BCUT2D eigenvalue weighted by atomic mass is 35.5. The summed E-state index contributed by atoms with van der Waals surface area (Å²) in [4.78, 5) is 10.8. The van der Waals surface area contributed by atoms with Crippen LogP contribution in [0.25, 0.3) is 11.3 Å². The summed E-state index contributed by atoms with van der Waals surface area (Å²) < 4.78 is 1.60. The quantitative estimate of drug-likeness (QED) is 0.828. The van der Waals surface area contributed by atoms with Crippen LogP contribution in [0, 0.1) is 11.3 Å². The molecular formula is C14H20Cl2N8. The van der Waals surface area contributed by atoms with Gasteiger partial charge in [0.1, 0.15) is 11.9 Å². The van der Waals surface area contributed by atoms with Gasteiger partial charge < -0.3 is 16.0 Å². The number of rotatable bonds is 3. The van der Waals surface area contributed by atoms with Crippen LogP contribution in [0.3, 0.4) is 0 Å². The normalized spacial score (nSPS) is 16.2. The third-order valence-corrected chi connectivity index (χ3v) is 3.86. The fourth-order valence-electron chi connectivity index (χ4n) is 2.72. The topological polar surface area (TPSA) is 109 Å². The van der Waals surface area contributed by atoms with Gasteiger partial charge in [-0.2, -0.15) is 15.3 Å². The summed E-state index contributed by atoms with van der Waals surface area (Å²) in [5.74, 6) is 0.987. The van der Waals surface area contributed by atoms with Crippen molar-refractivity contribution in [3.05, 3.63) is 18.0 Å². The van der Waals surface area contributed by atoms with Crippen molar-refractivity contribution in [2.75, 3.05) is 30.8 Å². The first-order chi connectivity index (χ1) is 10.6. The van der Waals surface area contributed by atoms with E-state index in [1.165, 1.54) is 0 Å². The number of nitrogens with two attached hydrogens (primary N) is 1. The molecule has 10 heteroatoms. The lowest BCUT2D eigenvalue weighted by atomic mass is 10.2. The van der Waals surface area contributed by atoms with Crippen molar-refractivity contribution in [2.24, 2.45) is 7.05 Å². The first-order valence-electron chi connectivity index (χ1n) is 7.11. The van der Waals surface area contributed by atoms with E-state index in [1.807, 2.05) is 13.1 Å². The van der Waals surface area contributed by atoms with E-state index < -0.39 is 0 Å².